The molecule has 8 aromatic carbocycles. The van der Waals surface area contributed by atoms with E-state index in [1.807, 2.05) is 12.1 Å². The van der Waals surface area contributed by atoms with E-state index >= 15 is 0 Å². The van der Waals surface area contributed by atoms with Crippen molar-refractivity contribution in [3.8, 4) is 51.3 Å². The summed E-state index contributed by atoms with van der Waals surface area (Å²) in [4.78, 5) is 0. The molecule has 4 aliphatic rings. The Bertz CT molecular complexity index is 3010. The van der Waals surface area contributed by atoms with Crippen LogP contribution in [0.3, 0.4) is 0 Å². The third-order valence-electron chi connectivity index (χ3n) is 12.2. The fourth-order valence-electron chi connectivity index (χ4n) is 10.1. The fourth-order valence-corrected chi connectivity index (χ4v) is 10.1. The van der Waals surface area contributed by atoms with Crippen molar-refractivity contribution in [2.75, 3.05) is 0 Å². The molecule has 5 heteroatoms. The summed E-state index contributed by atoms with van der Waals surface area (Å²) in [5.74, 6) is 5.21. The molecule has 1 spiro atoms. The molecule has 4 nitrogen and oxygen atoms in total. The highest BCUT2D eigenvalue weighted by molar-refractivity contribution is 6.98. The van der Waals surface area contributed by atoms with Gasteiger partial charge in [0.05, 0.1) is 22.1 Å². The van der Waals surface area contributed by atoms with Crippen molar-refractivity contribution in [1.29, 1.82) is 0 Å². The Hall–Kier alpha value is -6.98. The van der Waals surface area contributed by atoms with Crippen LogP contribution < -0.4 is 30.6 Å². The van der Waals surface area contributed by atoms with E-state index in [0.717, 1.165) is 78.7 Å². The molecule has 0 atom stereocenters. The van der Waals surface area contributed by atoms with E-state index in [0.29, 0.717) is 0 Å². The van der Waals surface area contributed by atoms with Crippen molar-refractivity contribution in [3.63, 3.8) is 0 Å². The van der Waals surface area contributed by atoms with Crippen LogP contribution in [0.15, 0.2) is 170 Å². The minimum atomic E-state index is -0.539. The van der Waals surface area contributed by atoms with Gasteiger partial charge in [-0.1, -0.05) is 115 Å². The van der Waals surface area contributed by atoms with Gasteiger partial charge < -0.3 is 18.8 Å². The first-order chi connectivity index (χ1) is 26.8. The molecule has 4 heterocycles. The molecule has 0 saturated carbocycles. The van der Waals surface area contributed by atoms with E-state index in [1.54, 1.807) is 0 Å². The monoisotopic (exact) mass is 689 g/mol. The minimum Gasteiger partial charge on any atom is -0.458 e. The zero-order valence-corrected chi connectivity index (χ0v) is 28.9. The van der Waals surface area contributed by atoms with Gasteiger partial charge in [0.1, 0.15) is 34.5 Å². The average molecular weight is 690 g/mol. The van der Waals surface area contributed by atoms with Crippen LogP contribution in [0.25, 0.3) is 38.6 Å². The molecule has 1 aliphatic carbocycles. The Labute approximate surface area is 311 Å². The highest BCUT2D eigenvalue weighted by Gasteiger charge is 2.51. The standard InChI is InChI=1S/C49H28BNO3/c1-3-15-34-30(13-1)32-28-41-33(27-37(32)49(34)35-16-4-9-21-42(35)52-43-22-10-5-17-36(43)49)31-14-2-8-20-40(31)51(41)29-25-46-48-47(26-29)54-45-24-12-7-19-39(45)50(48)38-18-6-11-23-44(38)53-46/h1-28H. The highest BCUT2D eigenvalue weighted by atomic mass is 16.5. The second-order valence-corrected chi connectivity index (χ2v) is 14.7. The van der Waals surface area contributed by atoms with Crippen LogP contribution >= 0.6 is 0 Å². The zero-order valence-electron chi connectivity index (χ0n) is 28.9. The lowest BCUT2D eigenvalue weighted by Crippen LogP contribution is -2.57. The molecule has 0 radical (unpaired) electrons. The fraction of sp³-hybridized carbons (Fsp3) is 0.0204. The van der Waals surface area contributed by atoms with Crippen LogP contribution in [0, 0.1) is 0 Å². The number of hydrogen-bond acceptors (Lipinski definition) is 3. The first-order valence-corrected chi connectivity index (χ1v) is 18.5. The molecule has 9 aromatic rings. The normalized spacial score (nSPS) is 14.5. The molecule has 0 amide bonds. The Kier molecular flexibility index (Phi) is 5.36. The van der Waals surface area contributed by atoms with Crippen molar-refractivity contribution in [2.45, 2.75) is 5.41 Å². The smallest absolute Gasteiger partial charge is 0.260 e. The van der Waals surface area contributed by atoms with Gasteiger partial charge in [-0.25, -0.2) is 0 Å². The largest absolute Gasteiger partial charge is 0.458 e. The molecule has 54 heavy (non-hydrogen) atoms. The summed E-state index contributed by atoms with van der Waals surface area (Å²) >= 11 is 0. The molecule has 0 saturated heterocycles. The number of rotatable bonds is 1. The SMILES string of the molecule is c1ccc2c(c1)Oc1cc(-n3c4ccccc4c4cc5c(cc43)-c3ccccc3C53c4ccccc4Oc4ccccc43)cc3c1B2c1ccccc1O3. The number of ether oxygens (including phenoxy) is 3. The van der Waals surface area contributed by atoms with Crippen molar-refractivity contribution in [3.05, 3.63) is 192 Å². The van der Waals surface area contributed by atoms with Crippen molar-refractivity contribution in [1.82, 2.24) is 4.57 Å². The van der Waals surface area contributed by atoms with Crippen LogP contribution in [-0.2, 0) is 5.41 Å². The predicted molar refractivity (Wildman–Crippen MR) is 216 cm³/mol. The van der Waals surface area contributed by atoms with Crippen LogP contribution in [0.5, 0.6) is 34.5 Å². The Morgan fingerprint density at radius 2 is 0.926 bits per heavy atom. The highest BCUT2D eigenvalue weighted by Crippen LogP contribution is 2.62. The second kappa shape index (κ2) is 10.1. The minimum absolute atomic E-state index is 0.0262. The molecule has 0 N–H and O–H groups in total. The van der Waals surface area contributed by atoms with Crippen molar-refractivity contribution < 1.29 is 14.2 Å². The topological polar surface area (TPSA) is 32.6 Å². The van der Waals surface area contributed by atoms with E-state index in [4.69, 9.17) is 14.2 Å². The zero-order chi connectivity index (χ0) is 35.1. The predicted octanol–water partition coefficient (Wildman–Crippen LogP) is 9.98. The number of para-hydroxylation sites is 5. The number of hydrogen-bond donors (Lipinski definition) is 0. The van der Waals surface area contributed by atoms with E-state index in [-0.39, 0.29) is 6.71 Å². The summed E-state index contributed by atoms with van der Waals surface area (Å²) in [5, 5.41) is 2.39. The lowest BCUT2D eigenvalue weighted by atomic mass is 9.35. The molecular formula is C49H28BNO3. The summed E-state index contributed by atoms with van der Waals surface area (Å²) < 4.78 is 22.5. The first-order valence-electron chi connectivity index (χ1n) is 18.5. The van der Waals surface area contributed by atoms with Crippen molar-refractivity contribution >= 4 is 44.9 Å². The summed E-state index contributed by atoms with van der Waals surface area (Å²) in [6.45, 7) is 0.0262. The maximum absolute atomic E-state index is 6.76. The van der Waals surface area contributed by atoms with Crippen molar-refractivity contribution in [2.24, 2.45) is 0 Å². The van der Waals surface area contributed by atoms with E-state index < -0.39 is 5.41 Å². The third kappa shape index (κ3) is 3.45. The summed E-state index contributed by atoms with van der Waals surface area (Å²) in [6.07, 6.45) is 0. The number of fused-ring (bicyclic) bond motifs is 16. The van der Waals surface area contributed by atoms with Gasteiger partial charge in [0, 0.05) is 39.5 Å². The average Bonchev–Trinajstić information content (AvgIpc) is 3.70. The van der Waals surface area contributed by atoms with Crippen LogP contribution in [0.4, 0.5) is 0 Å². The first kappa shape index (κ1) is 28.6. The van der Waals surface area contributed by atoms with E-state index in [1.165, 1.54) is 33.0 Å². The second-order valence-electron chi connectivity index (χ2n) is 14.7. The number of nitrogens with zero attached hydrogens (tertiary/aromatic N) is 1. The van der Waals surface area contributed by atoms with Gasteiger partial charge in [-0.2, -0.15) is 0 Å². The summed E-state index contributed by atoms with van der Waals surface area (Å²) in [6, 6.07) is 60.8. The molecule has 3 aliphatic heterocycles. The number of aromatic nitrogens is 1. The van der Waals surface area contributed by atoms with Gasteiger partial charge in [-0.05, 0) is 75.6 Å². The summed E-state index contributed by atoms with van der Waals surface area (Å²) in [5.41, 5.74) is 13.4. The molecular weight excluding hydrogens is 661 g/mol. The quantitative estimate of drug-likeness (QED) is 0.161. The van der Waals surface area contributed by atoms with E-state index in [9.17, 15) is 0 Å². The van der Waals surface area contributed by atoms with Crippen LogP contribution in [-0.4, -0.2) is 11.3 Å². The van der Waals surface area contributed by atoms with Crippen LogP contribution in [0.1, 0.15) is 22.3 Å². The molecule has 0 fully saturated rings. The lowest BCUT2D eigenvalue weighted by molar-refractivity contribution is 0.436. The van der Waals surface area contributed by atoms with Gasteiger partial charge >= 0.3 is 0 Å². The summed E-state index contributed by atoms with van der Waals surface area (Å²) in [7, 11) is 0. The van der Waals surface area contributed by atoms with Gasteiger partial charge in [-0.15, -0.1) is 0 Å². The maximum Gasteiger partial charge on any atom is 0.260 e. The Morgan fingerprint density at radius 1 is 0.389 bits per heavy atom. The molecule has 13 rings (SSSR count). The Morgan fingerprint density at radius 3 is 1.61 bits per heavy atom. The van der Waals surface area contributed by atoms with Gasteiger partial charge in [-0.3, -0.25) is 0 Å². The van der Waals surface area contributed by atoms with E-state index in [2.05, 4.69) is 162 Å². The van der Waals surface area contributed by atoms with Crippen LogP contribution in [0.2, 0.25) is 0 Å². The molecule has 0 unspecified atom stereocenters. The third-order valence-corrected chi connectivity index (χ3v) is 12.2. The molecule has 1 aromatic heterocycles. The number of benzene rings is 8. The maximum atomic E-state index is 6.76. The van der Waals surface area contributed by atoms with Gasteiger partial charge in [0.25, 0.3) is 6.71 Å². The lowest BCUT2D eigenvalue weighted by Gasteiger charge is -2.39. The Balaban J connectivity index is 1.11. The molecule has 0 bridgehead atoms. The molecule has 250 valence electrons. The van der Waals surface area contributed by atoms with Gasteiger partial charge in [0.2, 0.25) is 0 Å². The van der Waals surface area contributed by atoms with Gasteiger partial charge in [0.15, 0.2) is 0 Å².